The van der Waals surface area contributed by atoms with Gasteiger partial charge in [-0.05, 0) is 43.2 Å². The van der Waals surface area contributed by atoms with Crippen molar-refractivity contribution in [2.75, 3.05) is 0 Å². The summed E-state index contributed by atoms with van der Waals surface area (Å²) in [6, 6.07) is 0. The molecule has 18 heavy (non-hydrogen) atoms. The van der Waals surface area contributed by atoms with Crippen molar-refractivity contribution in [2.24, 2.45) is 5.41 Å². The Balaban J connectivity index is 5.81. The molecule has 0 saturated heterocycles. The van der Waals surface area contributed by atoms with Gasteiger partial charge < -0.3 is 9.22 Å². The molecule has 0 spiro atoms. The van der Waals surface area contributed by atoms with Crippen LogP contribution in [0.2, 0.25) is 26.2 Å². The number of hydrogen-bond donors (Lipinski definition) is 1. The van der Waals surface area contributed by atoms with Crippen molar-refractivity contribution in [1.82, 2.24) is 0 Å². The van der Waals surface area contributed by atoms with E-state index in [0.29, 0.717) is 5.57 Å². The SMILES string of the molecule is CC/C(=C(/C(=O)O)C(C)(C)C)[Si](C)(C)O[SiH](C)C. The van der Waals surface area contributed by atoms with Crippen LogP contribution >= 0.6 is 0 Å². The minimum absolute atomic E-state index is 0.344. The molecule has 0 fully saturated rings. The van der Waals surface area contributed by atoms with Gasteiger partial charge in [-0.1, -0.05) is 27.7 Å². The van der Waals surface area contributed by atoms with E-state index in [-0.39, 0.29) is 5.41 Å². The van der Waals surface area contributed by atoms with Crippen molar-refractivity contribution in [2.45, 2.75) is 60.3 Å². The smallest absolute Gasteiger partial charge is 0.331 e. The minimum atomic E-state index is -2.07. The fourth-order valence-corrected chi connectivity index (χ4v) is 9.68. The quantitative estimate of drug-likeness (QED) is 0.621. The van der Waals surface area contributed by atoms with E-state index in [1.807, 2.05) is 27.7 Å². The highest BCUT2D eigenvalue weighted by molar-refractivity contribution is 6.84. The van der Waals surface area contributed by atoms with Crippen molar-refractivity contribution in [3.8, 4) is 0 Å². The Bertz CT molecular complexity index is 339. The number of allylic oxidation sites excluding steroid dienone is 1. The van der Waals surface area contributed by atoms with Crippen LogP contribution in [-0.4, -0.2) is 28.4 Å². The zero-order valence-electron chi connectivity index (χ0n) is 13.0. The maximum absolute atomic E-state index is 11.6. The highest BCUT2D eigenvalue weighted by atomic mass is 28.4. The van der Waals surface area contributed by atoms with Gasteiger partial charge in [0.2, 0.25) is 8.32 Å². The van der Waals surface area contributed by atoms with E-state index in [9.17, 15) is 9.90 Å². The Morgan fingerprint density at radius 1 is 1.28 bits per heavy atom. The third-order valence-corrected chi connectivity index (χ3v) is 9.18. The average molecular weight is 289 g/mol. The molecule has 0 aromatic rings. The Morgan fingerprint density at radius 3 is 1.94 bits per heavy atom. The maximum atomic E-state index is 11.6. The minimum Gasteiger partial charge on any atom is -0.478 e. The second kappa shape index (κ2) is 6.17. The van der Waals surface area contributed by atoms with Crippen molar-refractivity contribution >= 4 is 23.3 Å². The van der Waals surface area contributed by atoms with E-state index < -0.39 is 23.3 Å². The molecule has 0 aliphatic heterocycles. The van der Waals surface area contributed by atoms with Crippen LogP contribution < -0.4 is 0 Å². The van der Waals surface area contributed by atoms with E-state index in [2.05, 4.69) is 26.2 Å². The van der Waals surface area contributed by atoms with Gasteiger partial charge in [-0.3, -0.25) is 0 Å². The molecule has 5 heteroatoms. The molecule has 0 unspecified atom stereocenters. The summed E-state index contributed by atoms with van der Waals surface area (Å²) in [6.45, 7) is 16.4. The summed E-state index contributed by atoms with van der Waals surface area (Å²) >= 11 is 0. The lowest BCUT2D eigenvalue weighted by atomic mass is 9.85. The summed E-state index contributed by atoms with van der Waals surface area (Å²) in [5.74, 6) is -0.797. The molecule has 106 valence electrons. The molecular weight excluding hydrogens is 260 g/mol. The lowest BCUT2D eigenvalue weighted by molar-refractivity contribution is -0.133. The second-order valence-electron chi connectivity index (χ2n) is 6.44. The topological polar surface area (TPSA) is 46.5 Å². The highest BCUT2D eigenvalue weighted by Crippen LogP contribution is 2.34. The van der Waals surface area contributed by atoms with E-state index in [1.165, 1.54) is 0 Å². The Labute approximate surface area is 114 Å². The fraction of sp³-hybridized carbons (Fsp3) is 0.769. The summed E-state index contributed by atoms with van der Waals surface area (Å²) in [6.07, 6.45) is 0.763. The van der Waals surface area contributed by atoms with Gasteiger partial charge in [-0.2, -0.15) is 0 Å². The van der Waals surface area contributed by atoms with Gasteiger partial charge in [0.1, 0.15) is 0 Å². The van der Waals surface area contributed by atoms with Crippen LogP contribution in [0.15, 0.2) is 10.8 Å². The zero-order valence-corrected chi connectivity index (χ0v) is 15.2. The first-order chi connectivity index (χ1) is 7.93. The van der Waals surface area contributed by atoms with Crippen LogP contribution in [0.1, 0.15) is 34.1 Å². The summed E-state index contributed by atoms with van der Waals surface area (Å²) in [5.41, 5.74) is 0.208. The van der Waals surface area contributed by atoms with Gasteiger partial charge >= 0.3 is 5.97 Å². The lowest BCUT2D eigenvalue weighted by Gasteiger charge is -2.33. The molecule has 0 aromatic carbocycles. The third-order valence-electron chi connectivity index (χ3n) is 2.88. The van der Waals surface area contributed by atoms with Crippen molar-refractivity contribution in [3.63, 3.8) is 0 Å². The third kappa shape index (κ3) is 4.70. The molecule has 0 heterocycles. The van der Waals surface area contributed by atoms with E-state index in [1.54, 1.807) is 0 Å². The molecule has 0 amide bonds. The van der Waals surface area contributed by atoms with Gasteiger partial charge in [0.15, 0.2) is 9.04 Å². The van der Waals surface area contributed by atoms with Crippen molar-refractivity contribution in [1.29, 1.82) is 0 Å². The van der Waals surface area contributed by atoms with Gasteiger partial charge in [-0.25, -0.2) is 4.79 Å². The predicted molar refractivity (Wildman–Crippen MR) is 81.9 cm³/mol. The summed E-state index contributed by atoms with van der Waals surface area (Å²) in [4.78, 5) is 11.6. The number of carboxylic acids is 1. The molecule has 0 aliphatic carbocycles. The van der Waals surface area contributed by atoms with Crippen LogP contribution in [0.3, 0.4) is 0 Å². The molecule has 0 radical (unpaired) electrons. The second-order valence-corrected chi connectivity index (χ2v) is 13.1. The standard InChI is InChI=1S/C13H28O3Si2/c1-9-10(18(7,8)16-17(5)6)11(12(14)15)13(2,3)4/h17H,9H2,1-8H3,(H,14,15)/b11-10+. The molecule has 1 N–H and O–H groups in total. The molecule has 0 atom stereocenters. The Morgan fingerprint density at radius 2 is 1.72 bits per heavy atom. The van der Waals surface area contributed by atoms with Crippen LogP contribution in [0.25, 0.3) is 0 Å². The number of rotatable bonds is 5. The van der Waals surface area contributed by atoms with Crippen molar-refractivity contribution in [3.05, 3.63) is 10.8 Å². The van der Waals surface area contributed by atoms with Crippen molar-refractivity contribution < 1.29 is 14.0 Å². The van der Waals surface area contributed by atoms with E-state index in [4.69, 9.17) is 4.12 Å². The number of hydrogen-bond acceptors (Lipinski definition) is 2. The van der Waals surface area contributed by atoms with E-state index in [0.717, 1.165) is 11.6 Å². The number of carboxylic acid groups (broad SMARTS) is 1. The Kier molecular flexibility index (Phi) is 6.03. The largest absolute Gasteiger partial charge is 0.478 e. The molecule has 3 nitrogen and oxygen atoms in total. The molecule has 0 saturated carbocycles. The zero-order chi connectivity index (χ0) is 14.7. The van der Waals surface area contributed by atoms with Crippen LogP contribution in [0, 0.1) is 5.41 Å². The first-order valence-corrected chi connectivity index (χ1v) is 12.3. The summed E-state index contributed by atoms with van der Waals surface area (Å²) in [7, 11) is -3.23. The van der Waals surface area contributed by atoms with Gasteiger partial charge in [0.05, 0.1) is 0 Å². The summed E-state index contributed by atoms with van der Waals surface area (Å²) in [5, 5.41) is 10.6. The van der Waals surface area contributed by atoms with Crippen LogP contribution in [0.5, 0.6) is 0 Å². The molecule has 0 rings (SSSR count). The van der Waals surface area contributed by atoms with Gasteiger partial charge in [0.25, 0.3) is 0 Å². The van der Waals surface area contributed by atoms with Gasteiger partial charge in [-0.15, -0.1) is 0 Å². The lowest BCUT2D eigenvalue weighted by Crippen LogP contribution is -2.41. The van der Waals surface area contributed by atoms with E-state index >= 15 is 0 Å². The molecule has 0 bridgehead atoms. The Hall–Kier alpha value is -0.396. The van der Waals surface area contributed by atoms with Crippen LogP contribution in [-0.2, 0) is 8.91 Å². The number of aliphatic carboxylic acids is 1. The van der Waals surface area contributed by atoms with Gasteiger partial charge in [0, 0.05) is 5.57 Å². The fourth-order valence-electron chi connectivity index (χ4n) is 2.47. The first-order valence-electron chi connectivity index (χ1n) is 6.58. The molecule has 0 aliphatic rings. The number of carbonyl (C=O) groups is 1. The average Bonchev–Trinajstić information content (AvgIpc) is 2.08. The van der Waals surface area contributed by atoms with Crippen LogP contribution in [0.4, 0.5) is 0 Å². The molecular formula is C13H28O3Si2. The first kappa shape index (κ1) is 17.6. The maximum Gasteiger partial charge on any atom is 0.331 e. The molecule has 0 aromatic heterocycles. The monoisotopic (exact) mass is 288 g/mol. The highest BCUT2D eigenvalue weighted by Gasteiger charge is 2.36. The summed E-state index contributed by atoms with van der Waals surface area (Å²) < 4.78 is 6.17. The predicted octanol–water partition coefficient (Wildman–Crippen LogP) is 3.57. The normalized spacial score (nSPS) is 14.7.